The number of carbonyl (C=O) groups excluding carboxylic acids is 1. The molecule has 2 heterocycles. The van der Waals surface area contributed by atoms with Gasteiger partial charge in [-0.1, -0.05) is 0 Å². The van der Waals surface area contributed by atoms with Gasteiger partial charge in [-0.15, -0.1) is 0 Å². The number of piperidine rings is 1. The maximum Gasteiger partial charge on any atom is 0.185 e. The molecule has 2 rings (SSSR count). The van der Waals surface area contributed by atoms with Crippen LogP contribution in [0.4, 0.5) is 0 Å². The van der Waals surface area contributed by atoms with Crippen LogP contribution in [0.2, 0.25) is 0 Å². The van der Waals surface area contributed by atoms with Gasteiger partial charge in [0, 0.05) is 17.8 Å². The Labute approximate surface area is 83.3 Å². The second-order valence-corrected chi connectivity index (χ2v) is 3.92. The molecule has 0 aromatic carbocycles. The third-order valence-electron chi connectivity index (χ3n) is 2.89. The second kappa shape index (κ2) is 3.92. The van der Waals surface area contributed by atoms with Gasteiger partial charge in [0.25, 0.3) is 0 Å². The summed E-state index contributed by atoms with van der Waals surface area (Å²) in [5.41, 5.74) is 1.11. The van der Waals surface area contributed by atoms with Crippen LogP contribution in [0.1, 0.15) is 35.1 Å². The Morgan fingerprint density at radius 1 is 1.57 bits per heavy atom. The van der Waals surface area contributed by atoms with Crippen molar-refractivity contribution in [1.29, 1.82) is 0 Å². The third-order valence-corrected chi connectivity index (χ3v) is 2.89. The minimum atomic E-state index is 0.443. The summed E-state index contributed by atoms with van der Waals surface area (Å²) in [5, 5.41) is 0. The normalized spacial score (nSPS) is 19.8. The van der Waals surface area contributed by atoms with E-state index in [2.05, 4.69) is 21.9 Å². The molecule has 0 saturated carbocycles. The van der Waals surface area contributed by atoms with Gasteiger partial charge < -0.3 is 9.88 Å². The number of hydrogen-bond acceptors (Lipinski definition) is 3. The highest BCUT2D eigenvalue weighted by atomic mass is 16.1. The number of aromatic nitrogens is 2. The number of nitrogens with zero attached hydrogens (tertiary/aromatic N) is 2. The van der Waals surface area contributed by atoms with Gasteiger partial charge in [0.1, 0.15) is 0 Å². The lowest BCUT2D eigenvalue weighted by molar-refractivity contribution is 0.111. The number of aldehydes is 1. The molecule has 1 aromatic heterocycles. The summed E-state index contributed by atoms with van der Waals surface area (Å²) < 4.78 is 0. The summed E-state index contributed by atoms with van der Waals surface area (Å²) in [5.74, 6) is 0.992. The first kappa shape index (κ1) is 9.40. The van der Waals surface area contributed by atoms with E-state index in [1.807, 2.05) is 0 Å². The number of nitrogens with one attached hydrogen (secondary N) is 1. The topological polar surface area (TPSA) is 49.0 Å². The summed E-state index contributed by atoms with van der Waals surface area (Å²) in [6.07, 6.45) is 4.85. The molecule has 0 aliphatic carbocycles. The van der Waals surface area contributed by atoms with Crippen LogP contribution in [0.25, 0.3) is 0 Å². The number of carbonyl (C=O) groups is 1. The van der Waals surface area contributed by atoms with Crippen LogP contribution in [-0.4, -0.2) is 41.3 Å². The van der Waals surface area contributed by atoms with E-state index in [4.69, 9.17) is 0 Å². The minimum Gasteiger partial charge on any atom is -0.339 e. The van der Waals surface area contributed by atoms with Crippen LogP contribution in [0.5, 0.6) is 0 Å². The summed E-state index contributed by atoms with van der Waals surface area (Å²) >= 11 is 0. The van der Waals surface area contributed by atoms with Crippen LogP contribution < -0.4 is 0 Å². The molecule has 0 spiro atoms. The summed E-state index contributed by atoms with van der Waals surface area (Å²) in [4.78, 5) is 19.8. The predicted molar refractivity (Wildman–Crippen MR) is 53.4 cm³/mol. The Hall–Kier alpha value is -1.16. The van der Waals surface area contributed by atoms with Crippen molar-refractivity contribution < 1.29 is 4.79 Å². The molecule has 1 saturated heterocycles. The SMILES string of the molecule is CN1CCC(c2cnc(C=O)[nH]2)CC1. The zero-order chi connectivity index (χ0) is 9.97. The Morgan fingerprint density at radius 2 is 2.29 bits per heavy atom. The van der Waals surface area contributed by atoms with E-state index in [0.717, 1.165) is 37.9 Å². The summed E-state index contributed by atoms with van der Waals surface area (Å²) in [6.45, 7) is 2.25. The molecule has 1 aliphatic rings. The van der Waals surface area contributed by atoms with Gasteiger partial charge in [0.05, 0.1) is 0 Å². The first-order chi connectivity index (χ1) is 6.79. The van der Waals surface area contributed by atoms with E-state index in [-0.39, 0.29) is 0 Å². The van der Waals surface area contributed by atoms with E-state index in [1.54, 1.807) is 6.20 Å². The highest BCUT2D eigenvalue weighted by Crippen LogP contribution is 2.25. The lowest BCUT2D eigenvalue weighted by Crippen LogP contribution is -2.29. The molecule has 14 heavy (non-hydrogen) atoms. The lowest BCUT2D eigenvalue weighted by atomic mass is 9.94. The lowest BCUT2D eigenvalue weighted by Gasteiger charge is -2.27. The largest absolute Gasteiger partial charge is 0.339 e. The fourth-order valence-electron chi connectivity index (χ4n) is 1.94. The van der Waals surface area contributed by atoms with Crippen molar-refractivity contribution in [2.75, 3.05) is 20.1 Å². The van der Waals surface area contributed by atoms with E-state index in [9.17, 15) is 4.79 Å². The Bertz CT molecular complexity index is 313. The van der Waals surface area contributed by atoms with E-state index in [1.165, 1.54) is 0 Å². The smallest absolute Gasteiger partial charge is 0.185 e. The molecular formula is C10H15N3O. The zero-order valence-corrected chi connectivity index (χ0v) is 8.36. The van der Waals surface area contributed by atoms with E-state index < -0.39 is 0 Å². The quantitative estimate of drug-likeness (QED) is 0.714. The average molecular weight is 193 g/mol. The maximum absolute atomic E-state index is 10.5. The van der Waals surface area contributed by atoms with E-state index >= 15 is 0 Å². The van der Waals surface area contributed by atoms with Crippen LogP contribution in [0, 0.1) is 0 Å². The molecule has 1 N–H and O–H groups in total. The first-order valence-electron chi connectivity index (χ1n) is 4.98. The van der Waals surface area contributed by atoms with Gasteiger partial charge in [0.2, 0.25) is 0 Å². The van der Waals surface area contributed by atoms with Crippen LogP contribution in [0.15, 0.2) is 6.20 Å². The highest BCUT2D eigenvalue weighted by Gasteiger charge is 2.19. The van der Waals surface area contributed by atoms with E-state index in [0.29, 0.717) is 11.7 Å². The van der Waals surface area contributed by atoms with Crippen LogP contribution in [0.3, 0.4) is 0 Å². The van der Waals surface area contributed by atoms with Crippen molar-refractivity contribution in [3.05, 3.63) is 17.7 Å². The fraction of sp³-hybridized carbons (Fsp3) is 0.600. The maximum atomic E-state index is 10.5. The molecule has 0 unspecified atom stereocenters. The standard InChI is InChI=1S/C10H15N3O/c1-13-4-2-8(3-5-13)9-6-11-10(7-14)12-9/h6-8H,2-5H2,1H3,(H,11,12). The molecule has 0 bridgehead atoms. The summed E-state index contributed by atoms with van der Waals surface area (Å²) in [6, 6.07) is 0. The fourth-order valence-corrected chi connectivity index (χ4v) is 1.94. The first-order valence-corrected chi connectivity index (χ1v) is 4.98. The molecule has 76 valence electrons. The van der Waals surface area contributed by atoms with Crippen LogP contribution >= 0.6 is 0 Å². The number of likely N-dealkylation sites (tertiary alicyclic amines) is 1. The number of H-pyrrole nitrogens is 1. The Morgan fingerprint density at radius 3 is 2.86 bits per heavy atom. The van der Waals surface area contributed by atoms with Gasteiger partial charge in [-0.2, -0.15) is 0 Å². The van der Waals surface area contributed by atoms with Gasteiger partial charge in [0.15, 0.2) is 12.1 Å². The molecule has 4 heteroatoms. The van der Waals surface area contributed by atoms with Gasteiger partial charge in [-0.05, 0) is 33.0 Å². The molecule has 4 nitrogen and oxygen atoms in total. The van der Waals surface area contributed by atoms with Crippen molar-refractivity contribution in [2.45, 2.75) is 18.8 Å². The summed E-state index contributed by atoms with van der Waals surface area (Å²) in [7, 11) is 2.14. The van der Waals surface area contributed by atoms with Gasteiger partial charge in [-0.3, -0.25) is 4.79 Å². The number of rotatable bonds is 2. The Balaban J connectivity index is 2.04. The highest BCUT2D eigenvalue weighted by molar-refractivity contribution is 5.68. The molecule has 0 atom stereocenters. The van der Waals surface area contributed by atoms with Crippen molar-refractivity contribution in [1.82, 2.24) is 14.9 Å². The third kappa shape index (κ3) is 1.85. The molecule has 1 fully saturated rings. The molecular weight excluding hydrogens is 178 g/mol. The predicted octanol–water partition coefficient (Wildman–Crippen LogP) is 1.03. The van der Waals surface area contributed by atoms with Crippen molar-refractivity contribution in [3.63, 3.8) is 0 Å². The minimum absolute atomic E-state index is 0.443. The molecule has 1 aromatic rings. The van der Waals surface area contributed by atoms with Crippen molar-refractivity contribution >= 4 is 6.29 Å². The number of hydrogen-bond donors (Lipinski definition) is 1. The van der Waals surface area contributed by atoms with Crippen LogP contribution in [-0.2, 0) is 0 Å². The average Bonchev–Trinajstić information content (AvgIpc) is 2.67. The van der Waals surface area contributed by atoms with Crippen molar-refractivity contribution in [2.24, 2.45) is 0 Å². The zero-order valence-electron chi connectivity index (χ0n) is 8.36. The molecule has 0 amide bonds. The second-order valence-electron chi connectivity index (χ2n) is 3.92. The van der Waals surface area contributed by atoms with Gasteiger partial charge in [-0.25, -0.2) is 4.98 Å². The molecule has 1 aliphatic heterocycles. The molecule has 0 radical (unpaired) electrons. The number of imidazole rings is 1. The monoisotopic (exact) mass is 193 g/mol. The van der Waals surface area contributed by atoms with Gasteiger partial charge >= 0.3 is 0 Å². The van der Waals surface area contributed by atoms with Crippen molar-refractivity contribution in [3.8, 4) is 0 Å². The Kier molecular flexibility index (Phi) is 2.63. The number of aromatic amines is 1.